The molecule has 1 saturated heterocycles. The molecular formula is C14H15ClFNO3. The minimum Gasteiger partial charge on any atom is -0.480 e. The number of amides is 1. The van der Waals surface area contributed by atoms with Crippen LogP contribution in [0, 0.1) is 5.82 Å². The number of carbonyl (C=O) groups excluding carboxylic acids is 1. The number of aliphatic carboxylic acids is 1. The van der Waals surface area contributed by atoms with Crippen LogP contribution in [-0.2, 0) is 16.0 Å². The molecule has 1 N–H and O–H groups in total. The summed E-state index contributed by atoms with van der Waals surface area (Å²) in [4.78, 5) is 25.0. The summed E-state index contributed by atoms with van der Waals surface area (Å²) in [7, 11) is 0. The maximum absolute atomic E-state index is 13.0. The summed E-state index contributed by atoms with van der Waals surface area (Å²) in [6.07, 6.45) is 1.07. The molecule has 108 valence electrons. The Hall–Kier alpha value is -1.62. The molecule has 0 aromatic heterocycles. The van der Waals surface area contributed by atoms with Crippen LogP contribution in [0.2, 0.25) is 5.02 Å². The van der Waals surface area contributed by atoms with Crippen molar-refractivity contribution in [1.82, 2.24) is 4.90 Å². The van der Waals surface area contributed by atoms with Gasteiger partial charge in [-0.05, 0) is 37.5 Å². The summed E-state index contributed by atoms with van der Waals surface area (Å²) in [5.41, 5.74) is -0.665. The van der Waals surface area contributed by atoms with E-state index >= 15 is 0 Å². The second-order valence-corrected chi connectivity index (χ2v) is 5.55. The van der Waals surface area contributed by atoms with Gasteiger partial charge in [0.2, 0.25) is 5.91 Å². The number of halogens is 2. The summed E-state index contributed by atoms with van der Waals surface area (Å²) < 4.78 is 13.0. The number of benzene rings is 1. The second kappa shape index (κ2) is 5.40. The Morgan fingerprint density at radius 3 is 2.80 bits per heavy atom. The molecule has 1 aromatic rings. The highest BCUT2D eigenvalue weighted by atomic mass is 35.5. The Kier molecular flexibility index (Phi) is 3.99. The van der Waals surface area contributed by atoms with E-state index in [0.29, 0.717) is 24.9 Å². The van der Waals surface area contributed by atoms with Gasteiger partial charge in [-0.1, -0.05) is 17.7 Å². The lowest BCUT2D eigenvalue weighted by atomic mass is 9.98. The number of carbonyl (C=O) groups is 2. The number of hydrogen-bond donors (Lipinski definition) is 1. The molecule has 1 aromatic carbocycles. The predicted molar refractivity (Wildman–Crippen MR) is 72.1 cm³/mol. The van der Waals surface area contributed by atoms with Crippen LogP contribution < -0.4 is 0 Å². The topological polar surface area (TPSA) is 57.6 Å². The molecule has 6 heteroatoms. The largest absolute Gasteiger partial charge is 0.480 e. The molecule has 0 unspecified atom stereocenters. The predicted octanol–water partition coefficient (Wildman–Crippen LogP) is 2.49. The van der Waals surface area contributed by atoms with E-state index in [9.17, 15) is 19.1 Å². The van der Waals surface area contributed by atoms with Gasteiger partial charge in [0.25, 0.3) is 0 Å². The number of hydrogen-bond acceptors (Lipinski definition) is 2. The van der Waals surface area contributed by atoms with Gasteiger partial charge in [0.05, 0.1) is 6.42 Å². The van der Waals surface area contributed by atoms with Crippen molar-refractivity contribution < 1.29 is 19.1 Å². The fraction of sp³-hybridized carbons (Fsp3) is 0.429. The van der Waals surface area contributed by atoms with Crippen molar-refractivity contribution in [3.8, 4) is 0 Å². The molecule has 20 heavy (non-hydrogen) atoms. The molecule has 0 saturated carbocycles. The van der Waals surface area contributed by atoms with Gasteiger partial charge in [-0.25, -0.2) is 9.18 Å². The third kappa shape index (κ3) is 2.63. The third-order valence-electron chi connectivity index (χ3n) is 3.76. The zero-order valence-electron chi connectivity index (χ0n) is 11.0. The van der Waals surface area contributed by atoms with E-state index in [2.05, 4.69) is 0 Å². The molecule has 1 atom stereocenters. The first-order valence-electron chi connectivity index (χ1n) is 6.32. The smallest absolute Gasteiger partial charge is 0.329 e. The Morgan fingerprint density at radius 1 is 1.50 bits per heavy atom. The first-order chi connectivity index (χ1) is 9.34. The van der Waals surface area contributed by atoms with Gasteiger partial charge in [0.1, 0.15) is 11.4 Å². The van der Waals surface area contributed by atoms with Crippen molar-refractivity contribution in [3.63, 3.8) is 0 Å². The fourth-order valence-electron chi connectivity index (χ4n) is 2.51. The zero-order valence-corrected chi connectivity index (χ0v) is 11.8. The molecule has 0 bridgehead atoms. The summed E-state index contributed by atoms with van der Waals surface area (Å²) in [5.74, 6) is -1.78. The molecule has 0 radical (unpaired) electrons. The van der Waals surface area contributed by atoms with E-state index in [-0.39, 0.29) is 17.4 Å². The van der Waals surface area contributed by atoms with Crippen molar-refractivity contribution in [1.29, 1.82) is 0 Å². The molecule has 0 aliphatic carbocycles. The van der Waals surface area contributed by atoms with Crippen LogP contribution in [0.25, 0.3) is 0 Å². The highest BCUT2D eigenvalue weighted by Crippen LogP contribution is 2.30. The maximum Gasteiger partial charge on any atom is 0.329 e. The number of nitrogens with zero attached hydrogens (tertiary/aromatic N) is 1. The van der Waals surface area contributed by atoms with E-state index in [0.717, 1.165) is 6.07 Å². The number of rotatable bonds is 3. The van der Waals surface area contributed by atoms with Crippen molar-refractivity contribution in [3.05, 3.63) is 34.6 Å². The van der Waals surface area contributed by atoms with Gasteiger partial charge in [-0.15, -0.1) is 0 Å². The highest BCUT2D eigenvalue weighted by molar-refractivity contribution is 6.31. The zero-order chi connectivity index (χ0) is 14.9. The molecular weight excluding hydrogens is 285 g/mol. The normalized spacial score (nSPS) is 22.1. The second-order valence-electron chi connectivity index (χ2n) is 5.14. The fourth-order valence-corrected chi connectivity index (χ4v) is 2.74. The quantitative estimate of drug-likeness (QED) is 0.933. The van der Waals surface area contributed by atoms with Crippen molar-refractivity contribution in [2.24, 2.45) is 0 Å². The standard InChI is InChI=1S/C14H15ClFNO3/c1-14(13(19)20)5-2-6-17(14)12(18)7-9-3-4-10(16)8-11(9)15/h3-4,8H,2,5-7H2,1H3,(H,19,20)/t14-/m1/s1. The van der Waals surface area contributed by atoms with Gasteiger partial charge in [0.15, 0.2) is 0 Å². The molecule has 2 rings (SSSR count). The first-order valence-corrected chi connectivity index (χ1v) is 6.70. The van der Waals surface area contributed by atoms with Crippen molar-refractivity contribution >= 4 is 23.5 Å². The monoisotopic (exact) mass is 299 g/mol. The minimum atomic E-state index is -1.16. The van der Waals surface area contributed by atoms with Crippen LogP contribution in [-0.4, -0.2) is 34.0 Å². The van der Waals surface area contributed by atoms with E-state index in [1.54, 1.807) is 6.92 Å². The maximum atomic E-state index is 13.0. The molecule has 1 fully saturated rings. The summed E-state index contributed by atoms with van der Waals surface area (Å²) in [6.45, 7) is 1.97. The SMILES string of the molecule is C[C@]1(C(=O)O)CCCN1C(=O)Cc1ccc(F)cc1Cl. The average Bonchev–Trinajstić information content (AvgIpc) is 2.76. The summed E-state index contributed by atoms with van der Waals surface area (Å²) in [6, 6.07) is 3.82. The molecule has 1 amide bonds. The number of likely N-dealkylation sites (tertiary alicyclic amines) is 1. The lowest BCUT2D eigenvalue weighted by Gasteiger charge is -2.31. The minimum absolute atomic E-state index is 0.0258. The van der Waals surface area contributed by atoms with Gasteiger partial charge in [-0.2, -0.15) is 0 Å². The van der Waals surface area contributed by atoms with E-state index in [1.807, 2.05) is 0 Å². The van der Waals surface area contributed by atoms with Gasteiger partial charge in [0, 0.05) is 11.6 Å². The van der Waals surface area contributed by atoms with E-state index < -0.39 is 17.3 Å². The van der Waals surface area contributed by atoms with Crippen LogP contribution in [0.3, 0.4) is 0 Å². The van der Waals surface area contributed by atoms with Crippen molar-refractivity contribution in [2.75, 3.05) is 6.54 Å². The van der Waals surface area contributed by atoms with E-state index in [1.165, 1.54) is 17.0 Å². The van der Waals surface area contributed by atoms with Crippen LogP contribution in [0.4, 0.5) is 4.39 Å². The van der Waals surface area contributed by atoms with E-state index in [4.69, 9.17) is 11.6 Å². The highest BCUT2D eigenvalue weighted by Gasteiger charge is 2.45. The van der Waals surface area contributed by atoms with Gasteiger partial charge < -0.3 is 10.0 Å². The first kappa shape index (κ1) is 14.8. The Balaban J connectivity index is 2.18. The molecule has 1 heterocycles. The van der Waals surface area contributed by atoms with Crippen LogP contribution in [0.1, 0.15) is 25.3 Å². The molecule has 0 spiro atoms. The van der Waals surface area contributed by atoms with Crippen LogP contribution in [0.15, 0.2) is 18.2 Å². The van der Waals surface area contributed by atoms with Gasteiger partial charge >= 0.3 is 5.97 Å². The van der Waals surface area contributed by atoms with Gasteiger partial charge in [-0.3, -0.25) is 4.79 Å². The lowest BCUT2D eigenvalue weighted by Crippen LogP contribution is -2.51. The van der Waals surface area contributed by atoms with Crippen molar-refractivity contribution in [2.45, 2.75) is 31.7 Å². The summed E-state index contributed by atoms with van der Waals surface area (Å²) >= 11 is 5.89. The molecule has 1 aliphatic heterocycles. The molecule has 4 nitrogen and oxygen atoms in total. The Morgan fingerprint density at radius 2 is 2.20 bits per heavy atom. The number of carboxylic acid groups (broad SMARTS) is 1. The third-order valence-corrected chi connectivity index (χ3v) is 4.11. The Bertz CT molecular complexity index is 563. The van der Waals surface area contributed by atoms with Crippen LogP contribution in [0.5, 0.6) is 0 Å². The average molecular weight is 300 g/mol. The Labute approximate surface area is 121 Å². The number of carboxylic acids is 1. The lowest BCUT2D eigenvalue weighted by molar-refractivity contribution is -0.155. The summed E-state index contributed by atoms with van der Waals surface area (Å²) in [5, 5.41) is 9.45. The molecule has 1 aliphatic rings. The van der Waals surface area contributed by atoms with Crippen LogP contribution >= 0.6 is 11.6 Å².